The van der Waals surface area contributed by atoms with Gasteiger partial charge in [-0.2, -0.15) is 0 Å². The molecular weight excluding hydrogens is 170 g/mol. The fraction of sp³-hybridized carbons (Fsp3) is 0.250. The first kappa shape index (κ1) is 9.22. The molecule has 0 bridgehead atoms. The van der Waals surface area contributed by atoms with Gasteiger partial charge in [0.1, 0.15) is 5.03 Å². The van der Waals surface area contributed by atoms with Crippen molar-refractivity contribution in [3.63, 3.8) is 0 Å². The maximum absolute atomic E-state index is 5.28. The number of aromatic nitrogens is 2. The number of hydrogen-bond donors (Lipinski definition) is 1. The Morgan fingerprint density at radius 1 is 1.42 bits per heavy atom. The highest BCUT2D eigenvalue weighted by atomic mass is 32.2. The fourth-order valence-electron chi connectivity index (χ4n) is 0.658. The highest BCUT2D eigenvalue weighted by Gasteiger charge is 1.89. The minimum Gasteiger partial charge on any atom is -0.327 e. The van der Waals surface area contributed by atoms with Gasteiger partial charge in [0.2, 0.25) is 0 Å². The van der Waals surface area contributed by atoms with E-state index in [2.05, 4.69) is 9.97 Å². The molecule has 0 fully saturated rings. The predicted molar refractivity (Wildman–Crippen MR) is 51.0 cm³/mol. The second-order valence-corrected chi connectivity index (χ2v) is 3.10. The van der Waals surface area contributed by atoms with E-state index in [1.54, 1.807) is 30.4 Å². The van der Waals surface area contributed by atoms with Gasteiger partial charge in [-0.25, -0.2) is 4.98 Å². The zero-order valence-corrected chi connectivity index (χ0v) is 7.50. The highest BCUT2D eigenvalue weighted by molar-refractivity contribution is 7.99. The lowest BCUT2D eigenvalue weighted by molar-refractivity contribution is 1.06. The van der Waals surface area contributed by atoms with Gasteiger partial charge in [-0.1, -0.05) is 12.2 Å². The van der Waals surface area contributed by atoms with Crippen molar-refractivity contribution >= 4 is 11.8 Å². The molecule has 0 saturated heterocycles. The lowest BCUT2D eigenvalue weighted by atomic mass is 10.5. The average Bonchev–Trinajstić information content (AvgIpc) is 2.14. The van der Waals surface area contributed by atoms with Gasteiger partial charge in [-0.3, -0.25) is 4.98 Å². The lowest BCUT2D eigenvalue weighted by Crippen LogP contribution is -1.92. The van der Waals surface area contributed by atoms with E-state index >= 15 is 0 Å². The first-order valence-electron chi connectivity index (χ1n) is 3.67. The second-order valence-electron chi connectivity index (χ2n) is 2.06. The van der Waals surface area contributed by atoms with Gasteiger partial charge >= 0.3 is 0 Å². The summed E-state index contributed by atoms with van der Waals surface area (Å²) in [5, 5.41) is 0.944. The summed E-state index contributed by atoms with van der Waals surface area (Å²) in [6.07, 6.45) is 9.07. The van der Waals surface area contributed by atoms with Crippen molar-refractivity contribution in [3.8, 4) is 0 Å². The Morgan fingerprint density at radius 2 is 2.33 bits per heavy atom. The monoisotopic (exact) mass is 181 g/mol. The van der Waals surface area contributed by atoms with Crippen molar-refractivity contribution in [3.05, 3.63) is 30.7 Å². The molecule has 1 rings (SSSR count). The highest BCUT2D eigenvalue weighted by Crippen LogP contribution is 2.11. The zero-order chi connectivity index (χ0) is 8.65. The number of nitrogens with zero attached hydrogens (tertiary/aromatic N) is 2. The molecule has 0 unspecified atom stereocenters. The minimum absolute atomic E-state index is 0.598. The normalized spacial score (nSPS) is 10.8. The number of hydrogen-bond acceptors (Lipinski definition) is 4. The van der Waals surface area contributed by atoms with Crippen molar-refractivity contribution < 1.29 is 0 Å². The van der Waals surface area contributed by atoms with Gasteiger partial charge in [0.25, 0.3) is 0 Å². The van der Waals surface area contributed by atoms with Crippen molar-refractivity contribution in [2.75, 3.05) is 12.3 Å². The molecule has 0 radical (unpaired) electrons. The van der Waals surface area contributed by atoms with E-state index in [-0.39, 0.29) is 0 Å². The van der Waals surface area contributed by atoms with Crippen molar-refractivity contribution in [2.24, 2.45) is 5.73 Å². The molecule has 0 aliphatic heterocycles. The third-order valence-electron chi connectivity index (χ3n) is 1.17. The molecule has 0 aliphatic carbocycles. The Hall–Kier alpha value is -0.870. The quantitative estimate of drug-likeness (QED) is 0.558. The van der Waals surface area contributed by atoms with Gasteiger partial charge < -0.3 is 5.73 Å². The second kappa shape index (κ2) is 5.74. The summed E-state index contributed by atoms with van der Waals surface area (Å²) in [7, 11) is 0. The van der Waals surface area contributed by atoms with Gasteiger partial charge in [0.15, 0.2) is 0 Å². The van der Waals surface area contributed by atoms with E-state index in [1.165, 1.54) is 0 Å². The summed E-state index contributed by atoms with van der Waals surface area (Å²) in [6.45, 7) is 0.598. The van der Waals surface area contributed by atoms with Crippen LogP contribution in [0.25, 0.3) is 0 Å². The number of rotatable bonds is 4. The van der Waals surface area contributed by atoms with Crippen molar-refractivity contribution in [1.82, 2.24) is 9.97 Å². The van der Waals surface area contributed by atoms with Crippen LogP contribution in [0.4, 0.5) is 0 Å². The first-order chi connectivity index (χ1) is 5.93. The molecule has 12 heavy (non-hydrogen) atoms. The molecule has 1 aromatic rings. The number of nitrogens with two attached hydrogens (primary N) is 1. The summed E-state index contributed by atoms with van der Waals surface area (Å²) in [5.41, 5.74) is 5.28. The average molecular weight is 181 g/mol. The van der Waals surface area contributed by atoms with Crippen molar-refractivity contribution in [1.29, 1.82) is 0 Å². The van der Waals surface area contributed by atoms with E-state index in [9.17, 15) is 0 Å². The third-order valence-corrected chi connectivity index (χ3v) is 2.04. The summed E-state index contributed by atoms with van der Waals surface area (Å²) in [4.78, 5) is 8.06. The molecular formula is C8H11N3S. The smallest absolute Gasteiger partial charge is 0.115 e. The Balaban J connectivity index is 2.29. The summed E-state index contributed by atoms with van der Waals surface area (Å²) in [6, 6.07) is 0. The van der Waals surface area contributed by atoms with Gasteiger partial charge in [0.05, 0.1) is 6.20 Å². The molecule has 1 aromatic heterocycles. The van der Waals surface area contributed by atoms with Crippen LogP contribution in [0.15, 0.2) is 35.8 Å². The van der Waals surface area contributed by atoms with Crippen LogP contribution in [0.1, 0.15) is 0 Å². The van der Waals surface area contributed by atoms with Crippen LogP contribution in [0.3, 0.4) is 0 Å². The molecule has 3 nitrogen and oxygen atoms in total. The fourth-order valence-corrected chi connectivity index (χ4v) is 1.33. The van der Waals surface area contributed by atoms with E-state index < -0.39 is 0 Å². The predicted octanol–water partition coefficient (Wildman–Crippen LogP) is 1.08. The Bertz CT molecular complexity index is 235. The van der Waals surface area contributed by atoms with E-state index in [0.29, 0.717) is 6.54 Å². The first-order valence-corrected chi connectivity index (χ1v) is 4.66. The molecule has 4 heteroatoms. The molecule has 0 amide bonds. The third kappa shape index (κ3) is 3.50. The summed E-state index contributed by atoms with van der Waals surface area (Å²) in [5.74, 6) is 0.899. The molecule has 0 saturated carbocycles. The molecule has 2 N–H and O–H groups in total. The number of thioether (sulfide) groups is 1. The van der Waals surface area contributed by atoms with Gasteiger partial charge in [0, 0.05) is 24.7 Å². The van der Waals surface area contributed by atoms with Crippen molar-refractivity contribution in [2.45, 2.75) is 5.03 Å². The van der Waals surface area contributed by atoms with Crippen LogP contribution in [-0.2, 0) is 0 Å². The Kier molecular flexibility index (Phi) is 4.41. The van der Waals surface area contributed by atoms with Crippen LogP contribution in [0.2, 0.25) is 0 Å². The van der Waals surface area contributed by atoms with E-state index in [4.69, 9.17) is 5.73 Å². The van der Waals surface area contributed by atoms with Gasteiger partial charge in [-0.15, -0.1) is 11.8 Å². The van der Waals surface area contributed by atoms with Gasteiger partial charge in [-0.05, 0) is 0 Å². The molecule has 0 aliphatic rings. The Morgan fingerprint density at radius 3 is 3.00 bits per heavy atom. The minimum atomic E-state index is 0.598. The standard InChI is InChI=1S/C8H11N3S/c9-3-1-2-6-12-8-7-10-4-5-11-8/h1-2,4-5,7H,3,6,9H2. The lowest BCUT2D eigenvalue weighted by Gasteiger charge is -1.93. The summed E-state index contributed by atoms with van der Waals surface area (Å²) < 4.78 is 0. The summed E-state index contributed by atoms with van der Waals surface area (Å²) >= 11 is 1.64. The zero-order valence-electron chi connectivity index (χ0n) is 6.68. The van der Waals surface area contributed by atoms with E-state index in [0.717, 1.165) is 10.8 Å². The van der Waals surface area contributed by atoms with Crippen LogP contribution in [0, 0.1) is 0 Å². The molecule has 0 atom stereocenters. The molecule has 1 heterocycles. The van der Waals surface area contributed by atoms with Crippen LogP contribution >= 0.6 is 11.8 Å². The topological polar surface area (TPSA) is 51.8 Å². The van der Waals surface area contributed by atoms with Crippen LogP contribution in [-0.4, -0.2) is 22.3 Å². The van der Waals surface area contributed by atoms with Crippen LogP contribution < -0.4 is 5.73 Å². The largest absolute Gasteiger partial charge is 0.327 e. The Labute approximate surface area is 76.1 Å². The van der Waals surface area contributed by atoms with Crippen LogP contribution in [0.5, 0.6) is 0 Å². The SMILES string of the molecule is NCC=CCSc1cnccn1. The maximum atomic E-state index is 5.28. The molecule has 0 aromatic carbocycles. The molecule has 64 valence electrons. The molecule has 0 spiro atoms. The maximum Gasteiger partial charge on any atom is 0.115 e. The van der Waals surface area contributed by atoms with E-state index in [1.807, 2.05) is 12.2 Å².